The molecule has 1 aromatic rings. The molecule has 9 heteroatoms. The molecular weight excluding hydrogens is 353 g/mol. The lowest BCUT2D eigenvalue weighted by Gasteiger charge is -2.21. The van der Waals surface area contributed by atoms with Gasteiger partial charge in [-0.25, -0.2) is 0 Å². The summed E-state index contributed by atoms with van der Waals surface area (Å²) in [5, 5.41) is 11.5. The molecule has 0 aliphatic heterocycles. The van der Waals surface area contributed by atoms with Crippen LogP contribution in [0.3, 0.4) is 0 Å². The fraction of sp³-hybridized carbons (Fsp3) is 0.471. The van der Waals surface area contributed by atoms with E-state index in [9.17, 15) is 27.6 Å². The number of nitrogens with zero attached hydrogens (tertiary/aromatic N) is 1. The highest BCUT2D eigenvalue weighted by molar-refractivity contribution is 5.82. The molecule has 0 heterocycles. The Kier molecular flexibility index (Phi) is 8.08. The number of carboxylic acid groups (broad SMARTS) is 1. The highest BCUT2D eigenvalue weighted by Crippen LogP contribution is 2.29. The Balaban J connectivity index is 2.69. The number of carbonyl (C=O) groups is 3. The fourth-order valence-electron chi connectivity index (χ4n) is 2.26. The van der Waals surface area contributed by atoms with Crippen LogP contribution in [0, 0.1) is 0 Å². The average molecular weight is 374 g/mol. The summed E-state index contributed by atoms with van der Waals surface area (Å²) in [5.74, 6) is -1.90. The largest absolute Gasteiger partial charge is 0.480 e. The second-order valence-electron chi connectivity index (χ2n) is 5.65. The summed E-state index contributed by atoms with van der Waals surface area (Å²) in [6, 6.07) is 4.18. The molecule has 0 saturated carbocycles. The minimum atomic E-state index is -4.46. The van der Waals surface area contributed by atoms with Gasteiger partial charge in [0.1, 0.15) is 6.54 Å². The van der Waals surface area contributed by atoms with Crippen molar-refractivity contribution in [3.05, 3.63) is 35.4 Å². The summed E-state index contributed by atoms with van der Waals surface area (Å²) in [7, 11) is 0. The molecule has 0 bridgehead atoms. The van der Waals surface area contributed by atoms with E-state index in [0.717, 1.165) is 17.0 Å². The second-order valence-corrected chi connectivity index (χ2v) is 5.65. The molecule has 1 aromatic carbocycles. The number of aliphatic carboxylic acids is 1. The zero-order valence-electron chi connectivity index (χ0n) is 14.3. The van der Waals surface area contributed by atoms with Crippen LogP contribution < -0.4 is 5.32 Å². The number of rotatable bonds is 9. The van der Waals surface area contributed by atoms with Gasteiger partial charge in [0, 0.05) is 25.9 Å². The number of carbonyl (C=O) groups excluding carboxylic acids is 2. The Labute approximate surface area is 149 Å². The van der Waals surface area contributed by atoms with Gasteiger partial charge in [-0.05, 0) is 31.0 Å². The third kappa shape index (κ3) is 7.54. The highest BCUT2D eigenvalue weighted by atomic mass is 19.4. The van der Waals surface area contributed by atoms with Crippen LogP contribution in [0.4, 0.5) is 13.2 Å². The summed E-state index contributed by atoms with van der Waals surface area (Å²) in [6.45, 7) is 1.55. The van der Waals surface area contributed by atoms with Crippen LogP contribution >= 0.6 is 0 Å². The standard InChI is InChI=1S/C17H21F3N2O4/c1-2-21-14(23)4-3-5-15(24)22(11-16(25)26)10-12-6-8-13(9-7-12)17(18,19)20/h6-9H,2-5,10-11H2,1H3,(H,21,23)(H,25,26). The molecule has 0 aromatic heterocycles. The smallest absolute Gasteiger partial charge is 0.416 e. The molecule has 0 saturated heterocycles. The van der Waals surface area contributed by atoms with Crippen molar-refractivity contribution in [3.8, 4) is 0 Å². The normalized spacial score (nSPS) is 11.1. The maximum atomic E-state index is 12.6. The molecule has 2 amide bonds. The van der Waals surface area contributed by atoms with E-state index < -0.39 is 30.2 Å². The molecule has 144 valence electrons. The fourth-order valence-corrected chi connectivity index (χ4v) is 2.26. The maximum Gasteiger partial charge on any atom is 0.416 e. The van der Waals surface area contributed by atoms with E-state index >= 15 is 0 Å². The average Bonchev–Trinajstić information content (AvgIpc) is 2.53. The van der Waals surface area contributed by atoms with Gasteiger partial charge in [-0.1, -0.05) is 12.1 Å². The van der Waals surface area contributed by atoms with Crippen LogP contribution in [0.1, 0.15) is 37.3 Å². The van der Waals surface area contributed by atoms with Gasteiger partial charge in [0.25, 0.3) is 0 Å². The van der Waals surface area contributed by atoms with Crippen LogP contribution in [0.2, 0.25) is 0 Å². The summed E-state index contributed by atoms with van der Waals surface area (Å²) in [5.41, 5.74) is -0.435. The summed E-state index contributed by atoms with van der Waals surface area (Å²) in [4.78, 5) is 35.5. The lowest BCUT2D eigenvalue weighted by molar-refractivity contribution is -0.145. The Morgan fingerprint density at radius 3 is 2.23 bits per heavy atom. The Bertz CT molecular complexity index is 630. The third-order valence-corrected chi connectivity index (χ3v) is 3.50. The lowest BCUT2D eigenvalue weighted by atomic mass is 10.1. The number of nitrogens with one attached hydrogen (secondary N) is 1. The predicted molar refractivity (Wildman–Crippen MR) is 87.0 cm³/mol. The molecule has 0 unspecified atom stereocenters. The predicted octanol–water partition coefficient (Wildman–Crippen LogP) is 2.43. The van der Waals surface area contributed by atoms with Gasteiger partial charge in [0.2, 0.25) is 11.8 Å². The van der Waals surface area contributed by atoms with Crippen molar-refractivity contribution in [2.45, 2.75) is 38.9 Å². The van der Waals surface area contributed by atoms with Crippen LogP contribution in [0.15, 0.2) is 24.3 Å². The van der Waals surface area contributed by atoms with Crippen LogP contribution in [0.5, 0.6) is 0 Å². The number of alkyl halides is 3. The number of halogens is 3. The third-order valence-electron chi connectivity index (χ3n) is 3.50. The van der Waals surface area contributed by atoms with Crippen molar-refractivity contribution < 1.29 is 32.7 Å². The quantitative estimate of drug-likeness (QED) is 0.695. The molecule has 26 heavy (non-hydrogen) atoms. The second kappa shape index (κ2) is 9.79. The molecule has 0 fully saturated rings. The Morgan fingerprint density at radius 2 is 1.73 bits per heavy atom. The first-order chi connectivity index (χ1) is 12.1. The van der Waals surface area contributed by atoms with Gasteiger partial charge in [-0.3, -0.25) is 14.4 Å². The lowest BCUT2D eigenvalue weighted by Crippen LogP contribution is -2.35. The van der Waals surface area contributed by atoms with Gasteiger partial charge < -0.3 is 15.3 Å². The number of hydrogen-bond acceptors (Lipinski definition) is 3. The van der Waals surface area contributed by atoms with Gasteiger partial charge in [0.05, 0.1) is 5.56 Å². The van der Waals surface area contributed by atoms with Crippen LogP contribution in [-0.4, -0.2) is 40.9 Å². The first-order valence-electron chi connectivity index (χ1n) is 8.06. The highest BCUT2D eigenvalue weighted by Gasteiger charge is 2.30. The molecule has 0 radical (unpaired) electrons. The van der Waals surface area contributed by atoms with E-state index in [0.29, 0.717) is 12.1 Å². The van der Waals surface area contributed by atoms with Crippen molar-refractivity contribution in [2.75, 3.05) is 13.1 Å². The molecule has 0 spiro atoms. The molecule has 2 N–H and O–H groups in total. The summed E-state index contributed by atoms with van der Waals surface area (Å²) < 4.78 is 37.7. The van der Waals surface area contributed by atoms with Crippen LogP contribution in [-0.2, 0) is 27.1 Å². The Hall–Kier alpha value is -2.58. The van der Waals surface area contributed by atoms with E-state index in [1.54, 1.807) is 6.92 Å². The summed E-state index contributed by atoms with van der Waals surface area (Å²) in [6.07, 6.45) is -4.09. The summed E-state index contributed by atoms with van der Waals surface area (Å²) >= 11 is 0. The van der Waals surface area contributed by atoms with Gasteiger partial charge in [-0.15, -0.1) is 0 Å². The van der Waals surface area contributed by atoms with Crippen LogP contribution in [0.25, 0.3) is 0 Å². The van der Waals surface area contributed by atoms with Crippen molar-refractivity contribution in [2.24, 2.45) is 0 Å². The van der Waals surface area contributed by atoms with Gasteiger partial charge in [-0.2, -0.15) is 13.2 Å². The number of hydrogen-bond donors (Lipinski definition) is 2. The van der Waals surface area contributed by atoms with Crippen molar-refractivity contribution in [1.29, 1.82) is 0 Å². The molecule has 0 aliphatic carbocycles. The first-order valence-corrected chi connectivity index (χ1v) is 8.06. The zero-order chi connectivity index (χ0) is 19.7. The molecule has 6 nitrogen and oxygen atoms in total. The van der Waals surface area contributed by atoms with E-state index in [4.69, 9.17) is 5.11 Å². The monoisotopic (exact) mass is 374 g/mol. The van der Waals surface area contributed by atoms with E-state index in [-0.39, 0.29) is 31.7 Å². The maximum absolute atomic E-state index is 12.6. The van der Waals surface area contributed by atoms with Gasteiger partial charge in [0.15, 0.2) is 0 Å². The van der Waals surface area contributed by atoms with Crippen molar-refractivity contribution in [3.63, 3.8) is 0 Å². The number of carboxylic acids is 1. The SMILES string of the molecule is CCNC(=O)CCCC(=O)N(CC(=O)O)Cc1ccc(C(F)(F)F)cc1. The minimum Gasteiger partial charge on any atom is -0.480 e. The molecule has 0 aliphatic rings. The number of amides is 2. The Morgan fingerprint density at radius 1 is 1.12 bits per heavy atom. The van der Waals surface area contributed by atoms with E-state index in [1.807, 2.05) is 0 Å². The molecular formula is C17H21F3N2O4. The van der Waals surface area contributed by atoms with Crippen molar-refractivity contribution >= 4 is 17.8 Å². The van der Waals surface area contributed by atoms with Gasteiger partial charge >= 0.3 is 12.1 Å². The molecule has 0 atom stereocenters. The van der Waals surface area contributed by atoms with E-state index in [2.05, 4.69) is 5.32 Å². The number of benzene rings is 1. The van der Waals surface area contributed by atoms with E-state index in [1.165, 1.54) is 12.1 Å². The van der Waals surface area contributed by atoms with Crippen molar-refractivity contribution in [1.82, 2.24) is 10.2 Å². The first kappa shape index (κ1) is 21.5. The zero-order valence-corrected chi connectivity index (χ0v) is 14.3. The molecule has 1 rings (SSSR count). The topological polar surface area (TPSA) is 86.7 Å². The minimum absolute atomic E-state index is 0.0228.